The van der Waals surface area contributed by atoms with E-state index in [0.29, 0.717) is 15.5 Å². The lowest BCUT2D eigenvalue weighted by molar-refractivity contribution is -0.141. The summed E-state index contributed by atoms with van der Waals surface area (Å²) in [5.74, 6) is -1.79. The topological polar surface area (TPSA) is 133 Å². The van der Waals surface area contributed by atoms with Crippen LogP contribution in [-0.4, -0.2) is 49.2 Å². The van der Waals surface area contributed by atoms with Gasteiger partial charge in [0.2, 0.25) is 5.91 Å². The van der Waals surface area contributed by atoms with Gasteiger partial charge in [-0.2, -0.15) is 4.72 Å². The molecule has 8 nitrogen and oxygen atoms in total. The van der Waals surface area contributed by atoms with E-state index in [-0.39, 0.29) is 30.2 Å². The van der Waals surface area contributed by atoms with Crippen LogP contribution in [-0.2, 0) is 25.0 Å². The molecule has 1 saturated carbocycles. The first kappa shape index (κ1) is 25.3. The van der Waals surface area contributed by atoms with Gasteiger partial charge >= 0.3 is 5.97 Å². The van der Waals surface area contributed by atoms with Crippen LogP contribution in [0.2, 0.25) is 5.02 Å². The zero-order valence-corrected chi connectivity index (χ0v) is 20.8. The fourth-order valence-corrected chi connectivity index (χ4v) is 7.10. The van der Waals surface area contributed by atoms with Crippen molar-refractivity contribution in [1.29, 1.82) is 0 Å². The van der Waals surface area contributed by atoms with Gasteiger partial charge in [0.1, 0.15) is 9.75 Å². The van der Waals surface area contributed by atoms with E-state index in [1.165, 1.54) is 6.07 Å². The number of carboxylic acids is 1. The molecule has 1 unspecified atom stereocenters. The maximum absolute atomic E-state index is 13.3. The minimum atomic E-state index is -4.21. The normalized spacial score (nSPS) is 21.4. The number of rotatable bonds is 10. The van der Waals surface area contributed by atoms with Crippen LogP contribution in [0, 0.1) is 0 Å². The molecule has 11 heteroatoms. The summed E-state index contributed by atoms with van der Waals surface area (Å²) >= 11 is 6.95. The Morgan fingerprint density at radius 1 is 1.03 bits per heavy atom. The highest BCUT2D eigenvalue weighted by Gasteiger charge is 2.74. The Hall–Kier alpha value is -2.76. The minimum absolute atomic E-state index is 0.0266. The second-order valence-electron chi connectivity index (χ2n) is 8.32. The number of hydrogen-bond acceptors (Lipinski definition) is 6. The maximum Gasteiger partial charge on any atom is 0.325 e. The number of aliphatic carboxylic acids is 1. The Kier molecular flexibility index (Phi) is 7.03. The molecule has 1 aliphatic carbocycles. The monoisotopic (exact) mass is 534 g/mol. The molecule has 3 aromatic rings. The van der Waals surface area contributed by atoms with Crippen LogP contribution in [0.1, 0.15) is 18.4 Å². The Morgan fingerprint density at radius 3 is 2.34 bits per heavy atom. The van der Waals surface area contributed by atoms with Crippen molar-refractivity contribution in [2.75, 3.05) is 13.2 Å². The molecule has 1 heterocycles. The number of thiophene rings is 1. The van der Waals surface area contributed by atoms with Crippen molar-refractivity contribution in [1.82, 2.24) is 10.0 Å². The van der Waals surface area contributed by atoms with E-state index < -0.39 is 32.9 Å². The number of carbonyl (C=O) groups excluding carboxylic acids is 1. The van der Waals surface area contributed by atoms with E-state index >= 15 is 0 Å². The summed E-state index contributed by atoms with van der Waals surface area (Å²) < 4.78 is 29.1. The Bertz CT molecular complexity index is 1340. The van der Waals surface area contributed by atoms with Crippen LogP contribution in [0.4, 0.5) is 0 Å². The first-order valence-corrected chi connectivity index (χ1v) is 13.4. The number of sulfonamides is 1. The van der Waals surface area contributed by atoms with Gasteiger partial charge in [0.25, 0.3) is 10.0 Å². The SMILES string of the molecule is O=C(CCO)NC[C@@]1(c2ccccc2)CC1(NS(=O)(=O)c1ccc(-c2ccc(Cl)cc2)s1)C(=O)O. The highest BCUT2D eigenvalue weighted by Crippen LogP contribution is 2.58. The molecule has 0 bridgehead atoms. The molecule has 35 heavy (non-hydrogen) atoms. The van der Waals surface area contributed by atoms with Gasteiger partial charge in [-0.3, -0.25) is 9.59 Å². The summed E-state index contributed by atoms with van der Waals surface area (Å²) in [5.41, 5.74) is -1.69. The van der Waals surface area contributed by atoms with Crippen LogP contribution >= 0.6 is 22.9 Å². The highest BCUT2D eigenvalue weighted by atomic mass is 35.5. The Morgan fingerprint density at radius 2 is 1.71 bits per heavy atom. The summed E-state index contributed by atoms with van der Waals surface area (Å²) in [7, 11) is -4.21. The molecule has 0 saturated heterocycles. The Labute approximate surface area is 211 Å². The standard InChI is InChI=1S/C24H23ClN2O6S2/c25-18-8-6-16(7-9-18)19-10-11-21(34-19)35(32,33)27-24(22(30)31)14-23(24,15-26-20(29)12-13-28)17-4-2-1-3-5-17/h1-11,27-28H,12-15H2,(H,26,29)(H,30,31)/t23-,24?/m1/s1. The summed E-state index contributed by atoms with van der Waals surface area (Å²) in [4.78, 5) is 25.2. The van der Waals surface area contributed by atoms with E-state index in [1.54, 1.807) is 60.7 Å². The average molecular weight is 535 g/mol. The van der Waals surface area contributed by atoms with Crippen molar-refractivity contribution in [3.8, 4) is 10.4 Å². The molecule has 4 N–H and O–H groups in total. The van der Waals surface area contributed by atoms with E-state index in [2.05, 4.69) is 10.0 Å². The summed E-state index contributed by atoms with van der Waals surface area (Å²) in [6.45, 7) is -0.458. The van der Waals surface area contributed by atoms with E-state index in [1.807, 2.05) is 0 Å². The number of carbonyl (C=O) groups is 2. The minimum Gasteiger partial charge on any atom is -0.480 e. The summed E-state index contributed by atoms with van der Waals surface area (Å²) in [5, 5.41) is 22.4. The van der Waals surface area contributed by atoms with Gasteiger partial charge in [-0.1, -0.05) is 54.1 Å². The van der Waals surface area contributed by atoms with Crippen molar-refractivity contribution < 1.29 is 28.2 Å². The molecule has 0 aliphatic heterocycles. The first-order chi connectivity index (χ1) is 16.6. The number of amides is 1. The second kappa shape index (κ2) is 9.71. The van der Waals surface area contributed by atoms with E-state index in [0.717, 1.165) is 16.9 Å². The van der Waals surface area contributed by atoms with Crippen molar-refractivity contribution >= 4 is 44.8 Å². The lowest BCUT2D eigenvalue weighted by Crippen LogP contribution is -2.51. The number of halogens is 1. The number of benzene rings is 2. The van der Waals surface area contributed by atoms with Gasteiger partial charge in [-0.15, -0.1) is 11.3 Å². The van der Waals surface area contributed by atoms with Crippen molar-refractivity contribution in [2.45, 2.75) is 28.0 Å². The van der Waals surface area contributed by atoms with Gasteiger partial charge in [-0.05, 0) is 41.8 Å². The summed E-state index contributed by atoms with van der Waals surface area (Å²) in [6, 6.07) is 18.7. The highest BCUT2D eigenvalue weighted by molar-refractivity contribution is 7.91. The molecule has 1 fully saturated rings. The number of aliphatic hydroxyl groups is 1. The van der Waals surface area contributed by atoms with Gasteiger partial charge in [-0.25, -0.2) is 8.42 Å². The molecule has 1 amide bonds. The predicted octanol–water partition coefficient (Wildman–Crippen LogP) is 3.01. The van der Waals surface area contributed by atoms with Crippen LogP contribution in [0.3, 0.4) is 0 Å². The maximum atomic E-state index is 13.3. The molecular formula is C24H23ClN2O6S2. The molecule has 1 aliphatic rings. The van der Waals surface area contributed by atoms with Crippen molar-refractivity contribution in [3.63, 3.8) is 0 Å². The molecular weight excluding hydrogens is 512 g/mol. The van der Waals surface area contributed by atoms with Crippen LogP contribution in [0.15, 0.2) is 70.9 Å². The first-order valence-electron chi connectivity index (χ1n) is 10.7. The quantitative estimate of drug-likeness (QED) is 0.316. The average Bonchev–Trinajstić information content (AvgIpc) is 3.21. The molecule has 184 valence electrons. The van der Waals surface area contributed by atoms with Crippen molar-refractivity contribution in [3.05, 3.63) is 77.3 Å². The Balaban J connectivity index is 1.66. The van der Waals surface area contributed by atoms with Crippen LogP contribution in [0.5, 0.6) is 0 Å². The molecule has 0 spiro atoms. The zero-order valence-electron chi connectivity index (χ0n) is 18.4. The largest absolute Gasteiger partial charge is 0.480 e. The third kappa shape index (κ3) is 4.85. The molecule has 1 aromatic heterocycles. The molecule has 2 atom stereocenters. The molecule has 0 radical (unpaired) electrons. The van der Waals surface area contributed by atoms with Gasteiger partial charge in [0.15, 0.2) is 0 Å². The van der Waals surface area contributed by atoms with Crippen LogP contribution < -0.4 is 10.0 Å². The van der Waals surface area contributed by atoms with Crippen LogP contribution in [0.25, 0.3) is 10.4 Å². The van der Waals surface area contributed by atoms with Crippen molar-refractivity contribution in [2.24, 2.45) is 0 Å². The second-order valence-corrected chi connectivity index (χ2v) is 11.7. The third-order valence-electron chi connectivity index (χ3n) is 6.16. The number of hydrogen-bond donors (Lipinski definition) is 4. The number of aliphatic hydroxyl groups excluding tert-OH is 1. The summed E-state index contributed by atoms with van der Waals surface area (Å²) in [6.07, 6.45) is -0.188. The molecule has 4 rings (SSSR count). The van der Waals surface area contributed by atoms with Gasteiger partial charge in [0.05, 0.1) is 6.61 Å². The predicted molar refractivity (Wildman–Crippen MR) is 133 cm³/mol. The van der Waals surface area contributed by atoms with E-state index in [4.69, 9.17) is 16.7 Å². The number of carboxylic acid groups (broad SMARTS) is 1. The lowest BCUT2D eigenvalue weighted by Gasteiger charge is -2.24. The van der Waals surface area contributed by atoms with Gasteiger partial charge in [0, 0.05) is 28.3 Å². The van der Waals surface area contributed by atoms with E-state index in [9.17, 15) is 23.1 Å². The number of nitrogens with one attached hydrogen (secondary N) is 2. The molecule has 2 aromatic carbocycles. The zero-order chi connectivity index (χ0) is 25.3. The third-order valence-corrected chi connectivity index (χ3v) is 9.53. The smallest absolute Gasteiger partial charge is 0.325 e. The fraction of sp³-hybridized carbons (Fsp3) is 0.250. The van der Waals surface area contributed by atoms with Gasteiger partial charge < -0.3 is 15.5 Å². The fourth-order valence-electron chi connectivity index (χ4n) is 4.24. The lowest BCUT2D eigenvalue weighted by atomic mass is 9.90.